The normalized spacial score (nSPS) is 10.5. The van der Waals surface area contributed by atoms with E-state index in [-0.39, 0.29) is 6.54 Å². The highest BCUT2D eigenvalue weighted by atomic mass is 16.4. The number of hydrogen-bond acceptors (Lipinski definition) is 4. The summed E-state index contributed by atoms with van der Waals surface area (Å²) in [5.41, 5.74) is 1.06. The minimum absolute atomic E-state index is 0.0711. The zero-order chi connectivity index (χ0) is 14.0. The number of nitrogens with zero attached hydrogens (tertiary/aromatic N) is 3. The van der Waals surface area contributed by atoms with Gasteiger partial charge in [-0.3, -0.25) is 4.79 Å². The number of carbonyl (C=O) groups is 1. The molecule has 5 heteroatoms. The third-order valence-corrected chi connectivity index (χ3v) is 2.98. The number of benzene rings is 1. The number of rotatable bonds is 4. The van der Waals surface area contributed by atoms with Crippen LogP contribution in [0.4, 0.5) is 11.5 Å². The highest BCUT2D eigenvalue weighted by Crippen LogP contribution is 2.27. The van der Waals surface area contributed by atoms with Crippen molar-refractivity contribution >= 4 is 28.2 Å². The molecule has 0 fully saturated rings. The summed E-state index contributed by atoms with van der Waals surface area (Å²) in [6.45, 7) is -0.0711. The summed E-state index contributed by atoms with van der Waals surface area (Å²) >= 11 is 0. The number of carboxylic acid groups (broad SMARTS) is 1. The quantitative estimate of drug-likeness (QED) is 0.907. The van der Waals surface area contributed by atoms with Gasteiger partial charge in [0.05, 0.1) is 0 Å². The average molecular weight is 259 g/mol. The number of fused-ring (bicyclic) bond motifs is 1. The first kappa shape index (κ1) is 13.1. The van der Waals surface area contributed by atoms with Crippen LogP contribution in [0.25, 0.3) is 10.8 Å². The third-order valence-electron chi connectivity index (χ3n) is 2.98. The first-order valence-electron chi connectivity index (χ1n) is 5.98. The van der Waals surface area contributed by atoms with E-state index < -0.39 is 5.97 Å². The molecule has 0 amide bonds. The van der Waals surface area contributed by atoms with E-state index in [0.29, 0.717) is 5.82 Å². The van der Waals surface area contributed by atoms with Crippen LogP contribution in [0.15, 0.2) is 30.5 Å². The van der Waals surface area contributed by atoms with Crippen LogP contribution in [0.1, 0.15) is 0 Å². The van der Waals surface area contributed by atoms with Crippen LogP contribution in [-0.2, 0) is 4.79 Å². The van der Waals surface area contributed by atoms with Gasteiger partial charge >= 0.3 is 5.97 Å². The molecule has 1 N–H and O–H groups in total. The summed E-state index contributed by atoms with van der Waals surface area (Å²) < 4.78 is 0. The van der Waals surface area contributed by atoms with Crippen molar-refractivity contribution < 1.29 is 9.90 Å². The van der Waals surface area contributed by atoms with Crippen molar-refractivity contribution in [2.24, 2.45) is 0 Å². The van der Waals surface area contributed by atoms with Crippen LogP contribution >= 0.6 is 0 Å². The topological polar surface area (TPSA) is 56.7 Å². The maximum atomic E-state index is 10.8. The molecular weight excluding hydrogens is 242 g/mol. The Bertz CT molecular complexity index is 611. The number of aromatic nitrogens is 1. The number of carboxylic acids is 1. The van der Waals surface area contributed by atoms with Crippen LogP contribution < -0.4 is 9.80 Å². The van der Waals surface area contributed by atoms with Crippen LogP contribution in [-0.4, -0.2) is 43.7 Å². The second-order valence-corrected chi connectivity index (χ2v) is 4.68. The van der Waals surface area contributed by atoms with Gasteiger partial charge in [0.1, 0.15) is 12.4 Å². The van der Waals surface area contributed by atoms with Gasteiger partial charge in [0.2, 0.25) is 0 Å². The monoisotopic (exact) mass is 259 g/mol. The fourth-order valence-corrected chi connectivity index (χ4v) is 2.00. The molecule has 5 nitrogen and oxygen atoms in total. The standard InChI is InChI=1S/C14H17N3O2/c1-16(2)11-5-4-10-6-7-15-14(12(10)8-11)17(3)9-13(18)19/h4-8H,9H2,1-3H3,(H,18,19). The van der Waals surface area contributed by atoms with Gasteiger partial charge in [-0.05, 0) is 23.6 Å². The molecule has 0 saturated carbocycles. The van der Waals surface area contributed by atoms with Gasteiger partial charge in [0, 0.05) is 38.4 Å². The minimum atomic E-state index is -0.870. The Kier molecular flexibility index (Phi) is 3.55. The van der Waals surface area contributed by atoms with E-state index in [2.05, 4.69) is 4.98 Å². The summed E-state index contributed by atoms with van der Waals surface area (Å²) in [5, 5.41) is 10.9. The zero-order valence-corrected chi connectivity index (χ0v) is 11.3. The van der Waals surface area contributed by atoms with E-state index in [4.69, 9.17) is 5.11 Å². The molecule has 0 radical (unpaired) electrons. The maximum absolute atomic E-state index is 10.8. The second-order valence-electron chi connectivity index (χ2n) is 4.68. The van der Waals surface area contributed by atoms with Crippen LogP contribution in [0.2, 0.25) is 0 Å². The van der Waals surface area contributed by atoms with Crippen molar-refractivity contribution in [1.82, 2.24) is 4.98 Å². The minimum Gasteiger partial charge on any atom is -0.480 e. The van der Waals surface area contributed by atoms with Crippen LogP contribution in [0.3, 0.4) is 0 Å². The zero-order valence-electron chi connectivity index (χ0n) is 11.3. The number of pyridine rings is 1. The van der Waals surface area contributed by atoms with Crippen molar-refractivity contribution in [1.29, 1.82) is 0 Å². The van der Waals surface area contributed by atoms with Gasteiger partial charge in [-0.1, -0.05) is 6.07 Å². The molecule has 1 aromatic carbocycles. The Morgan fingerprint density at radius 3 is 2.63 bits per heavy atom. The van der Waals surface area contributed by atoms with E-state index in [1.54, 1.807) is 18.1 Å². The summed E-state index contributed by atoms with van der Waals surface area (Å²) in [5.74, 6) is -0.186. The SMILES string of the molecule is CN(C)c1ccc2ccnc(N(C)CC(=O)O)c2c1. The van der Waals surface area contributed by atoms with Crippen molar-refractivity contribution in [3.8, 4) is 0 Å². The summed E-state index contributed by atoms with van der Waals surface area (Å²) in [4.78, 5) is 18.8. The lowest BCUT2D eigenvalue weighted by Crippen LogP contribution is -2.26. The van der Waals surface area contributed by atoms with Crippen molar-refractivity contribution in [2.45, 2.75) is 0 Å². The molecule has 0 aliphatic rings. The molecule has 0 spiro atoms. The molecule has 1 heterocycles. The number of likely N-dealkylation sites (N-methyl/N-ethyl adjacent to an activating group) is 1. The molecule has 0 aliphatic heterocycles. The number of anilines is 2. The first-order valence-corrected chi connectivity index (χ1v) is 5.98. The van der Waals surface area contributed by atoms with Crippen LogP contribution in [0.5, 0.6) is 0 Å². The lowest BCUT2D eigenvalue weighted by Gasteiger charge is -2.19. The molecular formula is C14H17N3O2. The molecule has 0 bridgehead atoms. The molecule has 0 unspecified atom stereocenters. The summed E-state index contributed by atoms with van der Waals surface area (Å²) in [6, 6.07) is 8.00. The largest absolute Gasteiger partial charge is 0.480 e. The van der Waals surface area contributed by atoms with Gasteiger partial charge in [-0.25, -0.2) is 4.98 Å². The lowest BCUT2D eigenvalue weighted by atomic mass is 10.1. The summed E-state index contributed by atoms with van der Waals surface area (Å²) in [7, 11) is 5.68. The third kappa shape index (κ3) is 2.76. The van der Waals surface area contributed by atoms with Crippen molar-refractivity contribution in [3.05, 3.63) is 30.5 Å². The summed E-state index contributed by atoms with van der Waals surface area (Å²) in [6.07, 6.45) is 1.70. The fourth-order valence-electron chi connectivity index (χ4n) is 2.00. The molecule has 0 atom stereocenters. The first-order chi connectivity index (χ1) is 8.99. The van der Waals surface area contributed by atoms with Gasteiger partial charge in [-0.2, -0.15) is 0 Å². The van der Waals surface area contributed by atoms with Gasteiger partial charge in [0.15, 0.2) is 0 Å². The molecule has 1 aromatic heterocycles. The number of hydrogen-bond donors (Lipinski definition) is 1. The van der Waals surface area contributed by atoms with E-state index in [9.17, 15) is 4.79 Å². The smallest absolute Gasteiger partial charge is 0.323 e. The highest BCUT2D eigenvalue weighted by molar-refractivity contribution is 5.95. The molecule has 100 valence electrons. The molecule has 2 aromatic rings. The highest BCUT2D eigenvalue weighted by Gasteiger charge is 2.11. The average Bonchev–Trinajstić information content (AvgIpc) is 2.36. The number of aliphatic carboxylic acids is 1. The Labute approximate surface area is 112 Å². The van der Waals surface area contributed by atoms with Gasteiger partial charge < -0.3 is 14.9 Å². The van der Waals surface area contributed by atoms with E-state index in [1.165, 1.54) is 0 Å². The van der Waals surface area contributed by atoms with E-state index in [1.807, 2.05) is 43.3 Å². The van der Waals surface area contributed by atoms with Crippen molar-refractivity contribution in [2.75, 3.05) is 37.5 Å². The lowest BCUT2D eigenvalue weighted by molar-refractivity contribution is -0.135. The second kappa shape index (κ2) is 5.14. The fraction of sp³-hybridized carbons (Fsp3) is 0.286. The Balaban J connectivity index is 2.53. The van der Waals surface area contributed by atoms with E-state index >= 15 is 0 Å². The maximum Gasteiger partial charge on any atom is 0.323 e. The Hall–Kier alpha value is -2.30. The molecule has 2 rings (SSSR count). The Morgan fingerprint density at radius 2 is 2.00 bits per heavy atom. The van der Waals surface area contributed by atoms with E-state index in [0.717, 1.165) is 16.5 Å². The predicted molar refractivity (Wildman–Crippen MR) is 77.0 cm³/mol. The van der Waals surface area contributed by atoms with Crippen LogP contribution in [0, 0.1) is 0 Å². The molecule has 19 heavy (non-hydrogen) atoms. The Morgan fingerprint density at radius 1 is 1.26 bits per heavy atom. The van der Waals surface area contributed by atoms with Gasteiger partial charge in [-0.15, -0.1) is 0 Å². The predicted octanol–water partition coefficient (Wildman–Crippen LogP) is 1.82. The molecule has 0 saturated heterocycles. The van der Waals surface area contributed by atoms with Gasteiger partial charge in [0.25, 0.3) is 0 Å². The van der Waals surface area contributed by atoms with Crippen molar-refractivity contribution in [3.63, 3.8) is 0 Å². The molecule has 0 aliphatic carbocycles.